The molecule has 0 amide bonds. The molecule has 1 rings (SSSR count). The summed E-state index contributed by atoms with van der Waals surface area (Å²) in [6.07, 6.45) is 6.99. The van der Waals surface area contributed by atoms with Crippen molar-refractivity contribution in [2.24, 2.45) is 10.9 Å². The van der Waals surface area contributed by atoms with Gasteiger partial charge in [0.25, 0.3) is 0 Å². The van der Waals surface area contributed by atoms with Crippen LogP contribution in [0.2, 0.25) is 0 Å². The third kappa shape index (κ3) is 12.9. The molecule has 138 valence electrons. The van der Waals surface area contributed by atoms with E-state index in [1.54, 1.807) is 0 Å². The van der Waals surface area contributed by atoms with Gasteiger partial charge in [0, 0.05) is 46.1 Å². The van der Waals surface area contributed by atoms with Gasteiger partial charge in [-0.25, -0.2) is 0 Å². The molecule has 23 heavy (non-hydrogen) atoms. The molecule has 1 aliphatic heterocycles. The summed E-state index contributed by atoms with van der Waals surface area (Å²) in [6, 6.07) is 0. The number of guanidine groups is 1. The predicted molar refractivity (Wildman–Crippen MR) is 108 cm³/mol. The molecule has 1 heterocycles. The van der Waals surface area contributed by atoms with Gasteiger partial charge in [-0.2, -0.15) is 0 Å². The maximum atomic E-state index is 5.76. The second-order valence-electron chi connectivity index (χ2n) is 5.88. The Balaban J connectivity index is 0.00000484. The molecule has 1 aliphatic rings. The van der Waals surface area contributed by atoms with E-state index in [0.717, 1.165) is 71.3 Å². The molecule has 0 radical (unpaired) electrons. The van der Waals surface area contributed by atoms with Crippen LogP contribution >= 0.6 is 24.0 Å². The van der Waals surface area contributed by atoms with E-state index in [0.29, 0.717) is 5.92 Å². The van der Waals surface area contributed by atoms with Crippen molar-refractivity contribution < 1.29 is 9.47 Å². The highest BCUT2D eigenvalue weighted by molar-refractivity contribution is 14.0. The molecule has 5 nitrogen and oxygen atoms in total. The Bertz CT molecular complexity index is 285. The van der Waals surface area contributed by atoms with E-state index in [4.69, 9.17) is 9.47 Å². The first-order valence-electron chi connectivity index (χ1n) is 9.04. The van der Waals surface area contributed by atoms with Crippen LogP contribution < -0.4 is 10.6 Å². The summed E-state index contributed by atoms with van der Waals surface area (Å²) in [5.74, 6) is 1.62. The maximum Gasteiger partial charge on any atom is 0.191 e. The van der Waals surface area contributed by atoms with E-state index in [-0.39, 0.29) is 24.0 Å². The zero-order valence-electron chi connectivity index (χ0n) is 14.9. The van der Waals surface area contributed by atoms with Gasteiger partial charge < -0.3 is 20.1 Å². The van der Waals surface area contributed by atoms with Gasteiger partial charge in [-0.05, 0) is 38.5 Å². The number of nitrogens with one attached hydrogen (secondary N) is 2. The lowest BCUT2D eigenvalue weighted by Crippen LogP contribution is -2.37. The summed E-state index contributed by atoms with van der Waals surface area (Å²) in [5.41, 5.74) is 0. The van der Waals surface area contributed by atoms with Crippen LogP contribution in [0.15, 0.2) is 4.99 Å². The number of rotatable bonds is 11. The fourth-order valence-electron chi connectivity index (χ4n) is 2.44. The van der Waals surface area contributed by atoms with E-state index in [1.165, 1.54) is 19.3 Å². The Kier molecular flexibility index (Phi) is 16.7. The Hall–Kier alpha value is -0.0800. The lowest BCUT2D eigenvalue weighted by atomic mass is 10.0. The van der Waals surface area contributed by atoms with E-state index in [1.807, 2.05) is 0 Å². The van der Waals surface area contributed by atoms with Crippen LogP contribution in [0.1, 0.15) is 52.4 Å². The Morgan fingerprint density at radius 3 is 2.61 bits per heavy atom. The highest BCUT2D eigenvalue weighted by Crippen LogP contribution is 2.14. The van der Waals surface area contributed by atoms with Crippen molar-refractivity contribution in [3.8, 4) is 0 Å². The zero-order valence-corrected chi connectivity index (χ0v) is 17.3. The van der Waals surface area contributed by atoms with Gasteiger partial charge >= 0.3 is 0 Å². The van der Waals surface area contributed by atoms with Crippen molar-refractivity contribution in [1.29, 1.82) is 0 Å². The number of ether oxygens (including phenoxy) is 2. The van der Waals surface area contributed by atoms with Crippen LogP contribution in [0.4, 0.5) is 0 Å². The molecule has 0 atom stereocenters. The summed E-state index contributed by atoms with van der Waals surface area (Å²) >= 11 is 0. The first-order chi connectivity index (χ1) is 10.9. The minimum Gasteiger partial charge on any atom is -0.381 e. The van der Waals surface area contributed by atoms with Gasteiger partial charge in [-0.3, -0.25) is 4.99 Å². The smallest absolute Gasteiger partial charge is 0.191 e. The summed E-state index contributed by atoms with van der Waals surface area (Å²) in [5, 5.41) is 6.67. The highest BCUT2D eigenvalue weighted by atomic mass is 127. The third-order valence-electron chi connectivity index (χ3n) is 3.83. The number of unbranched alkanes of at least 4 members (excludes halogenated alkanes) is 2. The van der Waals surface area contributed by atoms with E-state index in [9.17, 15) is 0 Å². The largest absolute Gasteiger partial charge is 0.381 e. The number of nitrogens with zero attached hydrogens (tertiary/aromatic N) is 1. The van der Waals surface area contributed by atoms with Crippen LogP contribution in [0, 0.1) is 5.92 Å². The van der Waals surface area contributed by atoms with Gasteiger partial charge in [0.15, 0.2) is 5.96 Å². The minimum absolute atomic E-state index is 0. The van der Waals surface area contributed by atoms with Crippen LogP contribution in [-0.2, 0) is 9.47 Å². The van der Waals surface area contributed by atoms with Gasteiger partial charge in [-0.15, -0.1) is 24.0 Å². The average molecular weight is 441 g/mol. The Morgan fingerprint density at radius 2 is 1.91 bits per heavy atom. The van der Waals surface area contributed by atoms with Crippen LogP contribution in [0.5, 0.6) is 0 Å². The normalized spacial score (nSPS) is 16.0. The van der Waals surface area contributed by atoms with Crippen molar-refractivity contribution >= 4 is 29.9 Å². The minimum atomic E-state index is 0. The topological polar surface area (TPSA) is 54.9 Å². The molecule has 1 fully saturated rings. The van der Waals surface area contributed by atoms with Crippen LogP contribution in [0.25, 0.3) is 0 Å². The molecule has 0 unspecified atom stereocenters. The maximum absolute atomic E-state index is 5.76. The zero-order chi connectivity index (χ0) is 15.9. The molecule has 0 saturated carbocycles. The first-order valence-corrected chi connectivity index (χ1v) is 9.04. The fraction of sp³-hybridized carbons (Fsp3) is 0.941. The number of hydrogen-bond donors (Lipinski definition) is 2. The molecule has 1 saturated heterocycles. The monoisotopic (exact) mass is 441 g/mol. The Morgan fingerprint density at radius 1 is 1.13 bits per heavy atom. The van der Waals surface area contributed by atoms with Crippen LogP contribution in [-0.4, -0.2) is 52.0 Å². The van der Waals surface area contributed by atoms with Crippen LogP contribution in [0.3, 0.4) is 0 Å². The molecular weight excluding hydrogens is 405 g/mol. The third-order valence-corrected chi connectivity index (χ3v) is 3.83. The van der Waals surface area contributed by atoms with E-state index in [2.05, 4.69) is 29.5 Å². The fourth-order valence-corrected chi connectivity index (χ4v) is 2.44. The van der Waals surface area contributed by atoms with Crippen molar-refractivity contribution in [2.45, 2.75) is 52.4 Å². The van der Waals surface area contributed by atoms with Crippen molar-refractivity contribution in [1.82, 2.24) is 10.6 Å². The van der Waals surface area contributed by atoms with Gasteiger partial charge in [0.05, 0.1) is 0 Å². The average Bonchev–Trinajstić information content (AvgIpc) is 2.55. The molecule has 0 spiro atoms. The molecule has 0 bridgehead atoms. The summed E-state index contributed by atoms with van der Waals surface area (Å²) in [7, 11) is 0. The summed E-state index contributed by atoms with van der Waals surface area (Å²) < 4.78 is 11.1. The summed E-state index contributed by atoms with van der Waals surface area (Å²) in [4.78, 5) is 4.59. The molecule has 0 aromatic carbocycles. The molecule has 0 aromatic heterocycles. The molecule has 6 heteroatoms. The number of aliphatic imine (C=N–C) groups is 1. The van der Waals surface area contributed by atoms with Gasteiger partial charge in [0.1, 0.15) is 0 Å². The SMILES string of the molecule is CCCCCNC(=NCCCOCC1CCOCC1)NCC.I. The second kappa shape index (κ2) is 16.8. The van der Waals surface area contributed by atoms with Crippen molar-refractivity contribution in [2.75, 3.05) is 46.1 Å². The molecule has 2 N–H and O–H groups in total. The van der Waals surface area contributed by atoms with Gasteiger partial charge in [0.2, 0.25) is 0 Å². The quantitative estimate of drug-likeness (QED) is 0.224. The standard InChI is InChI=1S/C17H35N3O2.HI/c1-3-5-6-10-19-17(18-4-2)20-11-7-12-22-15-16-8-13-21-14-9-16;/h16H,3-15H2,1-2H3,(H2,18,19,20);1H. The molecular formula is C17H36IN3O2. The first kappa shape index (κ1) is 22.9. The highest BCUT2D eigenvalue weighted by Gasteiger charge is 2.13. The molecule has 0 aromatic rings. The summed E-state index contributed by atoms with van der Waals surface area (Å²) in [6.45, 7) is 10.5. The van der Waals surface area contributed by atoms with Gasteiger partial charge in [-0.1, -0.05) is 19.8 Å². The van der Waals surface area contributed by atoms with E-state index < -0.39 is 0 Å². The lowest BCUT2D eigenvalue weighted by molar-refractivity contribution is 0.0205. The predicted octanol–water partition coefficient (Wildman–Crippen LogP) is 3.18. The van der Waals surface area contributed by atoms with E-state index >= 15 is 0 Å². The lowest BCUT2D eigenvalue weighted by Gasteiger charge is -2.21. The van der Waals surface area contributed by atoms with Crippen molar-refractivity contribution in [3.63, 3.8) is 0 Å². The second-order valence-corrected chi connectivity index (χ2v) is 5.88. The number of halogens is 1. The van der Waals surface area contributed by atoms with Crippen molar-refractivity contribution in [3.05, 3.63) is 0 Å². The number of hydrogen-bond acceptors (Lipinski definition) is 3. The Labute approximate surface area is 159 Å². The molecule has 0 aliphatic carbocycles.